The number of amides is 2. The van der Waals surface area contributed by atoms with Crippen LogP contribution in [0, 0.1) is 5.82 Å². The maximum Gasteiger partial charge on any atom is 0.261 e. The number of aromatic nitrogens is 2. The molecule has 2 N–H and O–H groups in total. The Morgan fingerprint density at radius 1 is 0.729 bits per heavy atom. The van der Waals surface area contributed by atoms with E-state index in [0.29, 0.717) is 64.6 Å². The third-order valence-corrected chi connectivity index (χ3v) is 9.94. The van der Waals surface area contributed by atoms with E-state index in [1.54, 1.807) is 42.5 Å². The Bertz CT molecular complexity index is 2620. The van der Waals surface area contributed by atoms with Gasteiger partial charge in [0.15, 0.2) is 0 Å². The van der Waals surface area contributed by atoms with Gasteiger partial charge in [-0.15, -0.1) is 0 Å². The number of halogens is 2. The maximum absolute atomic E-state index is 13.5. The number of ether oxygens (including phenoxy) is 4. The molecule has 0 aliphatic carbocycles. The van der Waals surface area contributed by atoms with Gasteiger partial charge in [0.1, 0.15) is 54.2 Å². The smallest absolute Gasteiger partial charge is 0.261 e. The summed E-state index contributed by atoms with van der Waals surface area (Å²) >= 11 is 6.55. The van der Waals surface area contributed by atoms with Crippen molar-refractivity contribution >= 4 is 45.8 Å². The van der Waals surface area contributed by atoms with Crippen LogP contribution in [0.3, 0.4) is 0 Å². The second-order valence-electron chi connectivity index (χ2n) is 13.8. The van der Waals surface area contributed by atoms with Crippen LogP contribution in [0.4, 0.5) is 15.9 Å². The molecule has 2 amide bonds. The third-order valence-electron chi connectivity index (χ3n) is 9.65. The zero-order chi connectivity index (χ0) is 40.6. The van der Waals surface area contributed by atoms with Crippen molar-refractivity contribution in [1.82, 2.24) is 15.3 Å². The molecule has 0 fully saturated rings. The Labute approximate surface area is 344 Å². The van der Waals surface area contributed by atoms with Crippen molar-refractivity contribution in [3.8, 4) is 34.1 Å². The fourth-order valence-electron chi connectivity index (χ4n) is 6.72. The van der Waals surface area contributed by atoms with Gasteiger partial charge in [-0.05, 0) is 113 Å². The van der Waals surface area contributed by atoms with Crippen LogP contribution in [0.15, 0.2) is 134 Å². The summed E-state index contributed by atoms with van der Waals surface area (Å²) in [6, 6.07) is 38.6. The highest BCUT2D eigenvalue weighted by atomic mass is 35.5. The number of rotatable bonds is 16. The molecule has 59 heavy (non-hydrogen) atoms. The van der Waals surface area contributed by atoms with Gasteiger partial charge in [-0.2, -0.15) is 0 Å². The Kier molecular flexibility index (Phi) is 12.0. The van der Waals surface area contributed by atoms with E-state index in [0.717, 1.165) is 51.9 Å². The minimum Gasteiger partial charge on any atom is -0.491 e. The molecule has 2 heterocycles. The van der Waals surface area contributed by atoms with Crippen LogP contribution in [-0.2, 0) is 29.0 Å². The van der Waals surface area contributed by atoms with Gasteiger partial charge in [0.25, 0.3) is 5.91 Å². The number of aryl methyl sites for hydroxylation is 1. The summed E-state index contributed by atoms with van der Waals surface area (Å²) in [4.78, 5) is 33.1. The summed E-state index contributed by atoms with van der Waals surface area (Å²) in [7, 11) is 0. The van der Waals surface area contributed by atoms with Gasteiger partial charge in [0, 0.05) is 17.7 Å². The second kappa shape index (κ2) is 18.2. The lowest BCUT2D eigenvalue weighted by Gasteiger charge is -2.18. The average molecular weight is 809 g/mol. The largest absolute Gasteiger partial charge is 0.491 e. The molecular formula is C47H38ClFN4O6. The van der Waals surface area contributed by atoms with Crippen molar-refractivity contribution in [3.05, 3.63) is 167 Å². The van der Waals surface area contributed by atoms with Gasteiger partial charge < -0.3 is 24.3 Å². The van der Waals surface area contributed by atoms with E-state index in [1.165, 1.54) is 18.5 Å². The molecular weight excluding hydrogens is 771 g/mol. The lowest BCUT2D eigenvalue weighted by atomic mass is 9.99. The summed E-state index contributed by atoms with van der Waals surface area (Å²) in [6.45, 7) is 1.67. The molecule has 7 aromatic rings. The van der Waals surface area contributed by atoms with Gasteiger partial charge in [-0.25, -0.2) is 14.4 Å². The van der Waals surface area contributed by atoms with Gasteiger partial charge in [-0.3, -0.25) is 14.9 Å². The van der Waals surface area contributed by atoms with E-state index in [4.69, 9.17) is 30.5 Å². The molecule has 0 saturated carbocycles. The van der Waals surface area contributed by atoms with Crippen LogP contribution in [0.25, 0.3) is 22.0 Å². The molecule has 0 saturated heterocycles. The molecule has 10 nitrogen and oxygen atoms in total. The highest BCUT2D eigenvalue weighted by molar-refractivity contribution is 6.32. The van der Waals surface area contributed by atoms with Crippen LogP contribution >= 0.6 is 11.6 Å². The quantitative estimate of drug-likeness (QED) is 0.0726. The first kappa shape index (κ1) is 39.0. The molecule has 12 heteroatoms. The summed E-state index contributed by atoms with van der Waals surface area (Å²) < 4.78 is 37.1. The normalized spacial score (nSPS) is 12.2. The van der Waals surface area contributed by atoms with Gasteiger partial charge >= 0.3 is 0 Å². The predicted octanol–water partition coefficient (Wildman–Crippen LogP) is 10.0. The molecule has 0 spiro atoms. The van der Waals surface area contributed by atoms with Crippen molar-refractivity contribution < 1.29 is 32.9 Å². The fraction of sp³-hybridized carbons (Fsp3) is 0.149. The predicted molar refractivity (Wildman–Crippen MR) is 224 cm³/mol. The van der Waals surface area contributed by atoms with E-state index in [1.807, 2.05) is 72.8 Å². The second-order valence-corrected chi connectivity index (χ2v) is 14.2. The van der Waals surface area contributed by atoms with Gasteiger partial charge in [-0.1, -0.05) is 66.2 Å². The molecule has 6 aromatic carbocycles. The standard InChI is InChI=1S/C47H38ClFN4O6/c48-40-27-36(14-20-42(40)58-28-31-4-1-7-35(49)24-31)52-46-39-25-33(13-19-41(39)50-29-51-46)32-11-17-37(18-12-32)57-23-22-56-21-3-5-30-9-15-38(16-10-30)59-43-8-2-6-34-26-44(54)53-47(55)45(34)43/h1-2,4,6-20,24-25,27,29H,3,5,21-23,26,28H2,(H,50,51,52)(H,53,54,55). The van der Waals surface area contributed by atoms with Crippen molar-refractivity contribution in [2.75, 3.05) is 25.1 Å². The lowest BCUT2D eigenvalue weighted by Crippen LogP contribution is -2.37. The zero-order valence-corrected chi connectivity index (χ0v) is 32.5. The SMILES string of the molecule is O=C1Cc2cccc(Oc3ccc(CCCOCCOc4ccc(-c5ccc6ncnc(Nc7ccc(OCc8cccc(F)c8)c(Cl)c7)c6c5)cc4)cc3)c2C(=O)N1. The molecule has 1 aliphatic heterocycles. The number of hydrogen-bond donors (Lipinski definition) is 2. The Hall–Kier alpha value is -6.82. The molecule has 1 aliphatic rings. The number of anilines is 2. The number of carbonyl (C=O) groups excluding carboxylic acids is 2. The molecule has 0 radical (unpaired) electrons. The van der Waals surface area contributed by atoms with Gasteiger partial charge in [0.05, 0.1) is 29.1 Å². The van der Waals surface area contributed by atoms with Crippen molar-refractivity contribution in [1.29, 1.82) is 0 Å². The molecule has 0 unspecified atom stereocenters. The Morgan fingerprint density at radius 3 is 2.37 bits per heavy atom. The third kappa shape index (κ3) is 9.84. The molecule has 0 bridgehead atoms. The number of nitrogens with zero attached hydrogens (tertiary/aromatic N) is 2. The average Bonchev–Trinajstić information content (AvgIpc) is 3.24. The first-order chi connectivity index (χ1) is 28.8. The van der Waals surface area contributed by atoms with E-state index in [9.17, 15) is 14.0 Å². The van der Waals surface area contributed by atoms with Crippen molar-refractivity contribution in [3.63, 3.8) is 0 Å². The van der Waals surface area contributed by atoms with Crippen molar-refractivity contribution in [2.45, 2.75) is 25.9 Å². The summed E-state index contributed by atoms with van der Waals surface area (Å²) in [5, 5.41) is 6.96. The first-order valence-electron chi connectivity index (χ1n) is 19.1. The maximum atomic E-state index is 13.5. The van der Waals surface area contributed by atoms with E-state index in [-0.39, 0.29) is 24.8 Å². The number of hydrogen-bond acceptors (Lipinski definition) is 9. The molecule has 0 atom stereocenters. The highest BCUT2D eigenvalue weighted by Gasteiger charge is 2.26. The summed E-state index contributed by atoms with van der Waals surface area (Å²) in [5.41, 5.74) is 6.43. The molecule has 296 valence electrons. The van der Waals surface area contributed by atoms with Crippen LogP contribution in [0.5, 0.6) is 23.0 Å². The number of imide groups is 1. The fourth-order valence-corrected chi connectivity index (χ4v) is 6.96. The lowest BCUT2D eigenvalue weighted by molar-refractivity contribution is -0.119. The summed E-state index contributed by atoms with van der Waals surface area (Å²) in [5.74, 6) is 1.83. The number of carbonyl (C=O) groups is 2. The van der Waals surface area contributed by atoms with Crippen LogP contribution in [0.2, 0.25) is 5.02 Å². The van der Waals surface area contributed by atoms with E-state index < -0.39 is 5.91 Å². The topological polar surface area (TPSA) is 121 Å². The van der Waals surface area contributed by atoms with Crippen molar-refractivity contribution in [2.24, 2.45) is 0 Å². The van der Waals surface area contributed by atoms with E-state index >= 15 is 0 Å². The zero-order valence-electron chi connectivity index (χ0n) is 31.8. The minimum atomic E-state index is -0.440. The Morgan fingerprint density at radius 2 is 1.54 bits per heavy atom. The van der Waals surface area contributed by atoms with E-state index in [2.05, 4.69) is 20.6 Å². The van der Waals surface area contributed by atoms with Crippen LogP contribution < -0.4 is 24.8 Å². The highest BCUT2D eigenvalue weighted by Crippen LogP contribution is 2.34. The number of fused-ring (bicyclic) bond motifs is 2. The monoisotopic (exact) mass is 808 g/mol. The van der Waals surface area contributed by atoms with Crippen LogP contribution in [-0.4, -0.2) is 41.6 Å². The minimum absolute atomic E-state index is 0.152. The van der Waals surface area contributed by atoms with Crippen LogP contribution in [0.1, 0.15) is 33.5 Å². The molecule has 8 rings (SSSR count). The molecule has 1 aromatic heterocycles. The number of nitrogens with one attached hydrogen (secondary N) is 2. The Balaban J connectivity index is 0.783. The summed E-state index contributed by atoms with van der Waals surface area (Å²) in [6.07, 6.45) is 3.35. The first-order valence-corrected chi connectivity index (χ1v) is 19.4. The number of benzene rings is 6. The van der Waals surface area contributed by atoms with Gasteiger partial charge in [0.2, 0.25) is 5.91 Å².